The van der Waals surface area contributed by atoms with Crippen molar-refractivity contribution in [1.82, 2.24) is 4.90 Å². The van der Waals surface area contributed by atoms with Crippen LogP contribution in [0.2, 0.25) is 0 Å². The molecule has 0 saturated heterocycles. The minimum absolute atomic E-state index is 0.0331. The summed E-state index contributed by atoms with van der Waals surface area (Å²) in [5.41, 5.74) is 1.43. The SMILES string of the molecule is CC1c2ccsc2CCN1CC(O)C(C)(C)C. The maximum absolute atomic E-state index is 10.2. The minimum atomic E-state index is -0.259. The lowest BCUT2D eigenvalue weighted by atomic mass is 9.88. The van der Waals surface area contributed by atoms with Crippen LogP contribution in [0, 0.1) is 5.41 Å². The van der Waals surface area contributed by atoms with Crippen molar-refractivity contribution < 1.29 is 5.11 Å². The van der Waals surface area contributed by atoms with Crippen molar-refractivity contribution in [3.05, 3.63) is 21.9 Å². The highest BCUT2D eigenvalue weighted by molar-refractivity contribution is 7.10. The van der Waals surface area contributed by atoms with Crippen molar-refractivity contribution in [2.45, 2.75) is 46.3 Å². The molecule has 1 aromatic rings. The summed E-state index contributed by atoms with van der Waals surface area (Å²) >= 11 is 1.87. The number of thiophene rings is 1. The molecule has 2 unspecified atom stereocenters. The summed E-state index contributed by atoms with van der Waals surface area (Å²) in [5.74, 6) is 0. The molecule has 1 N–H and O–H groups in total. The molecule has 0 fully saturated rings. The lowest BCUT2D eigenvalue weighted by Gasteiger charge is -2.38. The zero-order chi connectivity index (χ0) is 12.6. The van der Waals surface area contributed by atoms with Crippen LogP contribution in [-0.4, -0.2) is 29.2 Å². The average molecular weight is 253 g/mol. The van der Waals surface area contributed by atoms with Gasteiger partial charge in [0.1, 0.15) is 0 Å². The molecular formula is C14H23NOS. The van der Waals surface area contributed by atoms with Gasteiger partial charge in [0.2, 0.25) is 0 Å². The third-order valence-electron chi connectivity index (χ3n) is 3.81. The van der Waals surface area contributed by atoms with Gasteiger partial charge in [0.05, 0.1) is 6.10 Å². The van der Waals surface area contributed by atoms with Gasteiger partial charge in [-0.1, -0.05) is 20.8 Å². The van der Waals surface area contributed by atoms with Crippen molar-refractivity contribution in [3.63, 3.8) is 0 Å². The molecule has 2 atom stereocenters. The van der Waals surface area contributed by atoms with Crippen molar-refractivity contribution in [3.8, 4) is 0 Å². The zero-order valence-corrected chi connectivity index (χ0v) is 12.0. The summed E-state index contributed by atoms with van der Waals surface area (Å²) in [6.45, 7) is 10.4. The van der Waals surface area contributed by atoms with E-state index in [0.29, 0.717) is 6.04 Å². The van der Waals surface area contributed by atoms with Crippen molar-refractivity contribution in [2.24, 2.45) is 5.41 Å². The lowest BCUT2D eigenvalue weighted by molar-refractivity contribution is 0.0156. The zero-order valence-electron chi connectivity index (χ0n) is 11.2. The Morgan fingerprint density at radius 2 is 2.24 bits per heavy atom. The molecule has 2 nitrogen and oxygen atoms in total. The third kappa shape index (κ3) is 2.72. The Morgan fingerprint density at radius 1 is 1.53 bits per heavy atom. The number of hydrogen-bond acceptors (Lipinski definition) is 3. The summed E-state index contributed by atoms with van der Waals surface area (Å²) in [7, 11) is 0. The van der Waals surface area contributed by atoms with Crippen LogP contribution in [0.3, 0.4) is 0 Å². The molecule has 0 aromatic carbocycles. The smallest absolute Gasteiger partial charge is 0.0715 e. The predicted molar refractivity (Wildman–Crippen MR) is 73.5 cm³/mol. The van der Waals surface area contributed by atoms with Crippen LogP contribution in [0.1, 0.15) is 44.2 Å². The molecule has 0 aliphatic carbocycles. The second kappa shape index (κ2) is 4.71. The van der Waals surface area contributed by atoms with E-state index >= 15 is 0 Å². The van der Waals surface area contributed by atoms with Gasteiger partial charge in [-0.25, -0.2) is 0 Å². The van der Waals surface area contributed by atoms with Gasteiger partial charge in [0, 0.05) is 24.0 Å². The highest BCUT2D eigenvalue weighted by atomic mass is 32.1. The quantitative estimate of drug-likeness (QED) is 0.875. The van der Waals surface area contributed by atoms with E-state index in [4.69, 9.17) is 0 Å². The topological polar surface area (TPSA) is 23.5 Å². The number of fused-ring (bicyclic) bond motifs is 1. The molecule has 0 radical (unpaired) electrons. The van der Waals surface area contributed by atoms with Gasteiger partial charge in [-0.15, -0.1) is 11.3 Å². The first kappa shape index (κ1) is 13.1. The number of nitrogens with zero attached hydrogens (tertiary/aromatic N) is 1. The van der Waals surface area contributed by atoms with Crippen LogP contribution in [-0.2, 0) is 6.42 Å². The molecule has 1 aliphatic heterocycles. The second-order valence-corrected chi connectivity index (χ2v) is 7.10. The number of hydrogen-bond donors (Lipinski definition) is 1. The molecule has 17 heavy (non-hydrogen) atoms. The van der Waals surface area contributed by atoms with E-state index < -0.39 is 0 Å². The Labute approximate surface area is 108 Å². The number of aliphatic hydroxyl groups is 1. The van der Waals surface area contributed by atoms with Crippen LogP contribution in [0.15, 0.2) is 11.4 Å². The molecule has 0 bridgehead atoms. The van der Waals surface area contributed by atoms with E-state index in [1.165, 1.54) is 10.4 Å². The summed E-state index contributed by atoms with van der Waals surface area (Å²) in [6, 6.07) is 2.68. The van der Waals surface area contributed by atoms with E-state index in [2.05, 4.69) is 44.0 Å². The first-order valence-corrected chi connectivity index (χ1v) is 7.26. The normalized spacial score (nSPS) is 23.5. The monoisotopic (exact) mass is 253 g/mol. The van der Waals surface area contributed by atoms with Crippen molar-refractivity contribution >= 4 is 11.3 Å². The standard InChI is InChI=1S/C14H23NOS/c1-10-11-6-8-17-12(11)5-7-15(10)9-13(16)14(2,3)4/h6,8,10,13,16H,5,7,9H2,1-4H3. The molecule has 0 spiro atoms. The fourth-order valence-corrected chi connectivity index (χ4v) is 3.27. The summed E-state index contributed by atoms with van der Waals surface area (Å²) in [4.78, 5) is 3.93. The van der Waals surface area contributed by atoms with Gasteiger partial charge < -0.3 is 5.11 Å². The van der Waals surface area contributed by atoms with Gasteiger partial charge in [-0.3, -0.25) is 4.90 Å². The predicted octanol–water partition coefficient (Wildman–Crippen LogP) is 3.07. The Balaban J connectivity index is 2.06. The Hall–Kier alpha value is -0.380. The second-order valence-electron chi connectivity index (χ2n) is 6.10. The molecule has 1 aromatic heterocycles. The van der Waals surface area contributed by atoms with Crippen LogP contribution in [0.4, 0.5) is 0 Å². The average Bonchev–Trinajstić information content (AvgIpc) is 2.69. The van der Waals surface area contributed by atoms with E-state index in [-0.39, 0.29) is 11.5 Å². The maximum Gasteiger partial charge on any atom is 0.0715 e. The van der Waals surface area contributed by atoms with Gasteiger partial charge in [-0.05, 0) is 35.8 Å². The Bertz CT molecular complexity index is 380. The fraction of sp³-hybridized carbons (Fsp3) is 0.714. The van der Waals surface area contributed by atoms with Crippen molar-refractivity contribution in [1.29, 1.82) is 0 Å². The molecule has 3 heteroatoms. The molecule has 0 saturated carbocycles. The number of β-amino-alcohol motifs (C(OH)–C–C–N with tert-alkyl or cyclic N) is 1. The van der Waals surface area contributed by atoms with Crippen molar-refractivity contribution in [2.75, 3.05) is 13.1 Å². The molecule has 2 rings (SSSR count). The van der Waals surface area contributed by atoms with Gasteiger partial charge in [0.15, 0.2) is 0 Å². The summed E-state index contributed by atoms with van der Waals surface area (Å²) in [6.07, 6.45) is 0.874. The van der Waals surface area contributed by atoms with Crippen LogP contribution < -0.4 is 0 Å². The van der Waals surface area contributed by atoms with E-state index in [1.54, 1.807) is 0 Å². The van der Waals surface area contributed by atoms with Gasteiger partial charge in [0.25, 0.3) is 0 Å². The third-order valence-corrected chi connectivity index (χ3v) is 4.81. The first-order chi connectivity index (χ1) is 7.89. The lowest BCUT2D eigenvalue weighted by Crippen LogP contribution is -2.43. The fourth-order valence-electron chi connectivity index (χ4n) is 2.31. The highest BCUT2D eigenvalue weighted by Crippen LogP contribution is 2.33. The Kier molecular flexibility index (Phi) is 3.62. The van der Waals surface area contributed by atoms with E-state index in [1.807, 2.05) is 11.3 Å². The van der Waals surface area contributed by atoms with Crippen LogP contribution in [0.25, 0.3) is 0 Å². The molecule has 1 aliphatic rings. The minimum Gasteiger partial charge on any atom is -0.391 e. The molecule has 2 heterocycles. The van der Waals surface area contributed by atoms with E-state index in [9.17, 15) is 5.11 Å². The number of rotatable bonds is 2. The number of aliphatic hydroxyl groups excluding tert-OH is 1. The molecule has 0 amide bonds. The van der Waals surface area contributed by atoms with Gasteiger partial charge >= 0.3 is 0 Å². The summed E-state index contributed by atoms with van der Waals surface area (Å²) in [5, 5.41) is 12.4. The van der Waals surface area contributed by atoms with E-state index in [0.717, 1.165) is 19.5 Å². The van der Waals surface area contributed by atoms with Crippen LogP contribution in [0.5, 0.6) is 0 Å². The molecule has 96 valence electrons. The van der Waals surface area contributed by atoms with Gasteiger partial charge in [-0.2, -0.15) is 0 Å². The maximum atomic E-state index is 10.2. The highest BCUT2D eigenvalue weighted by Gasteiger charge is 2.30. The largest absolute Gasteiger partial charge is 0.391 e. The van der Waals surface area contributed by atoms with Crippen LogP contribution >= 0.6 is 11.3 Å². The first-order valence-electron chi connectivity index (χ1n) is 6.38. The summed E-state index contributed by atoms with van der Waals surface area (Å²) < 4.78 is 0. The molecular weight excluding hydrogens is 230 g/mol. The Morgan fingerprint density at radius 3 is 2.88 bits per heavy atom.